The Balaban J connectivity index is 1.77. The predicted molar refractivity (Wildman–Crippen MR) is 78.3 cm³/mol. The maximum Gasteiger partial charge on any atom is 0.362 e. The second-order valence-corrected chi connectivity index (χ2v) is 4.99. The number of aromatic nitrogens is 3. The van der Waals surface area contributed by atoms with Crippen molar-refractivity contribution in [3.05, 3.63) is 51.1 Å². The van der Waals surface area contributed by atoms with Crippen LogP contribution in [0.25, 0.3) is 0 Å². The number of benzene rings is 1. The molecule has 0 saturated carbocycles. The summed E-state index contributed by atoms with van der Waals surface area (Å²) in [7, 11) is 0. The first-order chi connectivity index (χ1) is 10.1. The summed E-state index contributed by atoms with van der Waals surface area (Å²) in [4.78, 5) is 34.4. The van der Waals surface area contributed by atoms with E-state index in [1.54, 1.807) is 24.3 Å². The van der Waals surface area contributed by atoms with Crippen molar-refractivity contribution in [1.82, 2.24) is 20.2 Å². The van der Waals surface area contributed by atoms with E-state index in [2.05, 4.69) is 36.9 Å². The minimum Gasteiger partial charge on any atom is -0.352 e. The number of nitrogens with one attached hydrogen (secondary N) is 3. The van der Waals surface area contributed by atoms with E-state index in [1.165, 1.54) is 0 Å². The van der Waals surface area contributed by atoms with Crippen LogP contribution >= 0.6 is 15.9 Å². The van der Waals surface area contributed by atoms with Gasteiger partial charge >= 0.3 is 5.69 Å². The molecule has 1 aromatic heterocycles. The summed E-state index contributed by atoms with van der Waals surface area (Å²) < 4.78 is 1.81. The zero-order valence-electron chi connectivity index (χ0n) is 10.8. The Hall–Kier alpha value is -2.42. The Morgan fingerprint density at radius 3 is 2.62 bits per heavy atom. The van der Waals surface area contributed by atoms with Gasteiger partial charge < -0.3 is 5.32 Å². The third kappa shape index (κ3) is 4.28. The van der Waals surface area contributed by atoms with Crippen molar-refractivity contribution in [3.8, 4) is 0 Å². The number of rotatable bonds is 5. The first kappa shape index (κ1) is 15.0. The maximum atomic E-state index is 11.8. The molecule has 2 rings (SSSR count). The molecule has 21 heavy (non-hydrogen) atoms. The fourth-order valence-corrected chi connectivity index (χ4v) is 1.78. The van der Waals surface area contributed by atoms with Crippen molar-refractivity contribution >= 4 is 27.7 Å². The normalized spacial score (nSPS) is 10.1. The molecule has 0 fully saturated rings. The van der Waals surface area contributed by atoms with E-state index >= 15 is 0 Å². The summed E-state index contributed by atoms with van der Waals surface area (Å²) in [5.74, 6) is -0.676. The molecule has 9 heteroatoms. The molecule has 110 valence electrons. The monoisotopic (exact) mass is 353 g/mol. The number of amides is 2. The van der Waals surface area contributed by atoms with Crippen molar-refractivity contribution in [2.24, 2.45) is 0 Å². The van der Waals surface area contributed by atoms with Gasteiger partial charge in [0.05, 0.1) is 0 Å². The number of halogens is 1. The van der Waals surface area contributed by atoms with E-state index < -0.39 is 11.6 Å². The molecular weight excluding hydrogens is 342 g/mol. The van der Waals surface area contributed by atoms with Crippen LogP contribution in [0.1, 0.15) is 16.8 Å². The molecule has 0 radical (unpaired) electrons. The third-order valence-electron chi connectivity index (χ3n) is 2.54. The molecule has 0 bridgehead atoms. The summed E-state index contributed by atoms with van der Waals surface area (Å²) in [6.07, 6.45) is 1.19. The van der Waals surface area contributed by atoms with Crippen molar-refractivity contribution in [3.63, 3.8) is 0 Å². The lowest BCUT2D eigenvalue weighted by molar-refractivity contribution is -0.117. The minimum atomic E-state index is -0.540. The molecule has 1 aromatic carbocycles. The van der Waals surface area contributed by atoms with Gasteiger partial charge in [-0.15, -0.1) is 0 Å². The van der Waals surface area contributed by atoms with Crippen LogP contribution in [0.15, 0.2) is 39.9 Å². The van der Waals surface area contributed by atoms with Crippen LogP contribution in [0, 0.1) is 0 Å². The van der Waals surface area contributed by atoms with Crippen LogP contribution in [-0.4, -0.2) is 33.2 Å². The van der Waals surface area contributed by atoms with Gasteiger partial charge in [-0.1, -0.05) is 15.9 Å². The summed E-state index contributed by atoms with van der Waals surface area (Å²) >= 11 is 3.28. The summed E-state index contributed by atoms with van der Waals surface area (Å²) in [5.41, 5.74) is 2.29. The van der Waals surface area contributed by atoms with Gasteiger partial charge in [0, 0.05) is 23.0 Å². The number of carbonyl (C=O) groups is 2. The smallest absolute Gasteiger partial charge is 0.352 e. The molecule has 2 aromatic rings. The average molecular weight is 354 g/mol. The van der Waals surface area contributed by atoms with Crippen LogP contribution in [0.4, 0.5) is 0 Å². The highest BCUT2D eigenvalue weighted by Gasteiger charge is 2.07. The summed E-state index contributed by atoms with van der Waals surface area (Å²) in [6, 6.07) is 6.86. The fourth-order valence-electron chi connectivity index (χ4n) is 1.51. The Morgan fingerprint density at radius 1 is 1.29 bits per heavy atom. The van der Waals surface area contributed by atoms with E-state index in [9.17, 15) is 14.4 Å². The number of aromatic amines is 1. The van der Waals surface area contributed by atoms with Gasteiger partial charge in [0.15, 0.2) is 0 Å². The SMILES string of the molecule is O=C(CCNC(=O)c1ccc(Br)cc1)Nn1cn[nH]c1=O. The molecule has 0 aliphatic carbocycles. The highest BCUT2D eigenvalue weighted by atomic mass is 79.9. The molecule has 2 amide bonds. The van der Waals surface area contributed by atoms with Crippen LogP contribution in [0.5, 0.6) is 0 Å². The number of hydrogen-bond acceptors (Lipinski definition) is 4. The molecule has 0 aliphatic rings. The highest BCUT2D eigenvalue weighted by Crippen LogP contribution is 2.10. The number of H-pyrrole nitrogens is 1. The molecule has 0 saturated heterocycles. The standard InChI is InChI=1S/C12H12BrN5O3/c13-9-3-1-8(2-4-9)11(20)14-6-5-10(19)17-18-7-15-16-12(18)21/h1-4,7H,5-6H2,(H,14,20)(H,16,21)(H,17,19). The van der Waals surface area contributed by atoms with Gasteiger partial charge in [-0.05, 0) is 24.3 Å². The van der Waals surface area contributed by atoms with Gasteiger partial charge in [0.2, 0.25) is 5.91 Å². The van der Waals surface area contributed by atoms with Gasteiger partial charge in [-0.2, -0.15) is 9.77 Å². The molecular formula is C12H12BrN5O3. The quantitative estimate of drug-likeness (QED) is 0.714. The Morgan fingerprint density at radius 2 is 2.00 bits per heavy atom. The number of carbonyl (C=O) groups excluding carboxylic acids is 2. The van der Waals surface area contributed by atoms with Gasteiger partial charge in [0.1, 0.15) is 6.33 Å². The fraction of sp³-hybridized carbons (Fsp3) is 0.167. The minimum absolute atomic E-state index is 0.0416. The van der Waals surface area contributed by atoms with Gasteiger partial charge in [-0.3, -0.25) is 15.0 Å². The third-order valence-corrected chi connectivity index (χ3v) is 3.07. The van der Waals surface area contributed by atoms with E-state index in [-0.39, 0.29) is 18.9 Å². The molecule has 3 N–H and O–H groups in total. The Bertz CT molecular complexity index is 691. The molecule has 1 heterocycles. The van der Waals surface area contributed by atoms with Crippen LogP contribution in [0.2, 0.25) is 0 Å². The molecule has 0 spiro atoms. The lowest BCUT2D eigenvalue weighted by atomic mass is 10.2. The lowest BCUT2D eigenvalue weighted by Gasteiger charge is -2.06. The van der Waals surface area contributed by atoms with Crippen molar-refractivity contribution in [2.75, 3.05) is 12.0 Å². The average Bonchev–Trinajstić information content (AvgIpc) is 2.85. The highest BCUT2D eigenvalue weighted by molar-refractivity contribution is 9.10. The second kappa shape index (κ2) is 6.84. The van der Waals surface area contributed by atoms with E-state index in [0.29, 0.717) is 5.56 Å². The van der Waals surface area contributed by atoms with Crippen LogP contribution in [0.3, 0.4) is 0 Å². The Kier molecular flexibility index (Phi) is 4.88. The zero-order chi connectivity index (χ0) is 15.2. The van der Waals surface area contributed by atoms with Crippen molar-refractivity contribution < 1.29 is 9.59 Å². The first-order valence-electron chi connectivity index (χ1n) is 6.02. The van der Waals surface area contributed by atoms with Crippen molar-refractivity contribution in [2.45, 2.75) is 6.42 Å². The molecule has 0 atom stereocenters. The van der Waals surface area contributed by atoms with Crippen LogP contribution in [-0.2, 0) is 4.79 Å². The number of nitrogens with zero attached hydrogens (tertiary/aromatic N) is 2. The van der Waals surface area contributed by atoms with Crippen LogP contribution < -0.4 is 16.4 Å². The zero-order valence-corrected chi connectivity index (χ0v) is 12.4. The summed E-state index contributed by atoms with van der Waals surface area (Å²) in [6.45, 7) is 0.160. The molecule has 0 unspecified atom stereocenters. The largest absolute Gasteiger partial charge is 0.362 e. The van der Waals surface area contributed by atoms with Gasteiger partial charge in [0.25, 0.3) is 5.91 Å². The van der Waals surface area contributed by atoms with E-state index in [1.807, 2.05) is 0 Å². The first-order valence-corrected chi connectivity index (χ1v) is 6.81. The van der Waals surface area contributed by atoms with E-state index in [4.69, 9.17) is 0 Å². The lowest BCUT2D eigenvalue weighted by Crippen LogP contribution is -2.33. The van der Waals surface area contributed by atoms with Gasteiger partial charge in [-0.25, -0.2) is 9.89 Å². The number of hydrogen-bond donors (Lipinski definition) is 3. The predicted octanol–water partition coefficient (Wildman–Crippen LogP) is 0.224. The Labute approximate surface area is 127 Å². The topological polar surface area (TPSA) is 109 Å². The maximum absolute atomic E-state index is 11.8. The van der Waals surface area contributed by atoms with Crippen molar-refractivity contribution in [1.29, 1.82) is 0 Å². The van der Waals surface area contributed by atoms with E-state index in [0.717, 1.165) is 15.5 Å². The molecule has 0 aliphatic heterocycles. The summed E-state index contributed by atoms with van der Waals surface area (Å²) in [5, 5.41) is 8.23. The molecule has 8 nitrogen and oxygen atoms in total. The second-order valence-electron chi connectivity index (χ2n) is 4.08.